The zero-order valence-corrected chi connectivity index (χ0v) is 11.4. The monoisotopic (exact) mass is 238 g/mol. The summed E-state index contributed by atoms with van der Waals surface area (Å²) in [6.07, 6.45) is 1.28. The first-order valence-electron chi connectivity index (χ1n) is 5.02. The van der Waals surface area contributed by atoms with Gasteiger partial charge in [-0.15, -0.1) is 0 Å². The summed E-state index contributed by atoms with van der Waals surface area (Å²) in [5.41, 5.74) is 1.24. The van der Waals surface area contributed by atoms with Crippen LogP contribution in [0.1, 0.15) is 34.6 Å². The summed E-state index contributed by atoms with van der Waals surface area (Å²) in [6, 6.07) is 0. The minimum absolute atomic E-state index is 0.0185. The molecule has 0 aromatic carbocycles. The van der Waals surface area contributed by atoms with Gasteiger partial charge in [0.15, 0.2) is 17.3 Å². The third kappa shape index (κ3) is 31.4. The average molecular weight is 238 g/mol. The number of carbonyl (C=O) groups excluding carboxylic acids is 3. The van der Waals surface area contributed by atoms with Crippen LogP contribution in [-0.2, 0) is 14.4 Å². The Morgan fingerprint density at radius 1 is 0.765 bits per heavy atom. The van der Waals surface area contributed by atoms with Gasteiger partial charge in [0.05, 0.1) is 0 Å². The van der Waals surface area contributed by atoms with Gasteiger partial charge in [-0.05, 0) is 51.8 Å². The lowest BCUT2D eigenvalue weighted by Gasteiger charge is -1.80. The van der Waals surface area contributed by atoms with Gasteiger partial charge in [-0.1, -0.05) is 19.7 Å². The maximum atomic E-state index is 10.0. The fraction of sp³-hybridized carbons (Fsp3) is 0.357. The molecule has 0 aliphatic heterocycles. The Hall–Kier alpha value is -1.77. The Kier molecular flexibility index (Phi) is 14.9. The summed E-state index contributed by atoms with van der Waals surface area (Å²) >= 11 is 0. The van der Waals surface area contributed by atoms with Gasteiger partial charge in [-0.2, -0.15) is 0 Å². The number of hydrogen-bond donors (Lipinski definition) is 0. The first-order valence-corrected chi connectivity index (χ1v) is 5.02. The van der Waals surface area contributed by atoms with E-state index in [1.54, 1.807) is 13.8 Å². The minimum Gasteiger partial charge on any atom is -0.295 e. The lowest BCUT2D eigenvalue weighted by atomic mass is 10.3. The molecule has 0 unspecified atom stereocenters. The summed E-state index contributed by atoms with van der Waals surface area (Å²) in [6.45, 7) is 17.9. The molecule has 0 atom stereocenters. The van der Waals surface area contributed by atoms with Crippen LogP contribution in [0.25, 0.3) is 0 Å². The number of carbonyl (C=O) groups is 3. The largest absolute Gasteiger partial charge is 0.295 e. The standard InChI is InChI=1S/2C5H8O.C4H6O/c2*1-4(2)5(3)6;1-3-4(2)5/h2*1H2,2-3H3;3H,1H2,2H3. The van der Waals surface area contributed by atoms with Crippen LogP contribution in [0, 0.1) is 0 Å². The van der Waals surface area contributed by atoms with Crippen LogP contribution in [0.4, 0.5) is 0 Å². The van der Waals surface area contributed by atoms with E-state index in [1.807, 2.05) is 0 Å². The van der Waals surface area contributed by atoms with Gasteiger partial charge in [0.25, 0.3) is 0 Å². The predicted molar refractivity (Wildman–Crippen MR) is 71.9 cm³/mol. The van der Waals surface area contributed by atoms with Crippen LogP contribution >= 0.6 is 0 Å². The number of allylic oxidation sites excluding steroid dienone is 3. The molecule has 17 heavy (non-hydrogen) atoms. The molecule has 0 aromatic rings. The van der Waals surface area contributed by atoms with E-state index in [2.05, 4.69) is 19.7 Å². The van der Waals surface area contributed by atoms with Gasteiger partial charge in [0.2, 0.25) is 0 Å². The Bertz CT molecular complexity index is 274. The lowest BCUT2D eigenvalue weighted by Crippen LogP contribution is -1.86. The molecular formula is C14H22O3. The van der Waals surface area contributed by atoms with E-state index in [1.165, 1.54) is 26.8 Å². The molecule has 0 aliphatic rings. The molecule has 0 aliphatic carbocycles. The molecule has 96 valence electrons. The van der Waals surface area contributed by atoms with E-state index < -0.39 is 0 Å². The first kappa shape index (κ1) is 20.6. The molecule has 0 amide bonds. The molecule has 0 aromatic heterocycles. The molecule has 0 fully saturated rings. The molecule has 0 saturated heterocycles. The SMILES string of the molecule is C=C(C)C(C)=O.C=C(C)C(C)=O.C=CC(C)=O. The summed E-state index contributed by atoms with van der Waals surface area (Å²) in [7, 11) is 0. The zero-order valence-electron chi connectivity index (χ0n) is 11.4. The number of ketones is 3. The minimum atomic E-state index is 0.0185. The van der Waals surface area contributed by atoms with Crippen molar-refractivity contribution in [3.8, 4) is 0 Å². The normalized spacial score (nSPS) is 7.35. The van der Waals surface area contributed by atoms with Crippen LogP contribution in [0.15, 0.2) is 37.0 Å². The van der Waals surface area contributed by atoms with Crippen molar-refractivity contribution in [1.29, 1.82) is 0 Å². The van der Waals surface area contributed by atoms with Crippen LogP contribution in [0.3, 0.4) is 0 Å². The first-order chi connectivity index (χ1) is 7.56. The van der Waals surface area contributed by atoms with Crippen molar-refractivity contribution in [3.63, 3.8) is 0 Å². The van der Waals surface area contributed by atoms with Gasteiger partial charge in [0, 0.05) is 0 Å². The van der Waals surface area contributed by atoms with Crippen molar-refractivity contribution in [2.24, 2.45) is 0 Å². The van der Waals surface area contributed by atoms with Crippen molar-refractivity contribution in [3.05, 3.63) is 37.0 Å². The topological polar surface area (TPSA) is 51.2 Å². The van der Waals surface area contributed by atoms with E-state index in [-0.39, 0.29) is 17.3 Å². The van der Waals surface area contributed by atoms with Crippen LogP contribution in [-0.4, -0.2) is 17.3 Å². The second-order valence-electron chi connectivity index (χ2n) is 3.49. The number of Topliss-reactive ketones (excluding diaryl/α,β-unsaturated/α-hetero) is 2. The maximum Gasteiger partial charge on any atom is 0.154 e. The second kappa shape index (κ2) is 12.3. The van der Waals surface area contributed by atoms with E-state index in [0.717, 1.165) is 0 Å². The van der Waals surface area contributed by atoms with Crippen LogP contribution in [0.2, 0.25) is 0 Å². The molecule has 0 rings (SSSR count). The Balaban J connectivity index is -0.000000174. The molecule has 0 radical (unpaired) electrons. The maximum absolute atomic E-state index is 10.0. The van der Waals surface area contributed by atoms with Gasteiger partial charge < -0.3 is 0 Å². The highest BCUT2D eigenvalue weighted by atomic mass is 16.1. The third-order valence-electron chi connectivity index (χ3n) is 1.49. The van der Waals surface area contributed by atoms with Gasteiger partial charge >= 0.3 is 0 Å². The highest BCUT2D eigenvalue weighted by Gasteiger charge is 1.86. The van der Waals surface area contributed by atoms with E-state index in [4.69, 9.17) is 0 Å². The van der Waals surface area contributed by atoms with Crippen molar-refractivity contribution >= 4 is 17.3 Å². The Labute approximate surface area is 104 Å². The molecular weight excluding hydrogens is 216 g/mol. The number of rotatable bonds is 3. The van der Waals surface area contributed by atoms with E-state index >= 15 is 0 Å². The molecule has 3 heteroatoms. The molecule has 0 heterocycles. The predicted octanol–water partition coefficient (Wildman–Crippen LogP) is 3.06. The lowest BCUT2D eigenvalue weighted by molar-refractivity contribution is -0.114. The van der Waals surface area contributed by atoms with Crippen molar-refractivity contribution in [2.45, 2.75) is 34.6 Å². The summed E-state index contributed by atoms with van der Waals surface area (Å²) in [4.78, 5) is 29.8. The fourth-order valence-corrected chi connectivity index (χ4v) is 0. The van der Waals surface area contributed by atoms with E-state index in [0.29, 0.717) is 11.1 Å². The summed E-state index contributed by atoms with van der Waals surface area (Å²) in [5.74, 6) is 0.148. The molecule has 0 spiro atoms. The fourth-order valence-electron chi connectivity index (χ4n) is 0. The molecule has 0 N–H and O–H groups in total. The average Bonchev–Trinajstić information content (AvgIpc) is 2.19. The van der Waals surface area contributed by atoms with Crippen LogP contribution in [0.5, 0.6) is 0 Å². The van der Waals surface area contributed by atoms with Gasteiger partial charge in [0.1, 0.15) is 0 Å². The quantitative estimate of drug-likeness (QED) is 0.710. The molecule has 0 bridgehead atoms. The van der Waals surface area contributed by atoms with Crippen molar-refractivity contribution < 1.29 is 14.4 Å². The highest BCUT2D eigenvalue weighted by molar-refractivity contribution is 5.92. The van der Waals surface area contributed by atoms with Crippen LogP contribution < -0.4 is 0 Å². The molecule has 0 saturated carbocycles. The van der Waals surface area contributed by atoms with Gasteiger partial charge in [-0.3, -0.25) is 14.4 Å². The number of hydrogen-bond acceptors (Lipinski definition) is 3. The zero-order chi connectivity index (χ0) is 14.6. The Morgan fingerprint density at radius 3 is 0.882 bits per heavy atom. The third-order valence-corrected chi connectivity index (χ3v) is 1.49. The smallest absolute Gasteiger partial charge is 0.154 e. The van der Waals surface area contributed by atoms with Crippen molar-refractivity contribution in [2.75, 3.05) is 0 Å². The Morgan fingerprint density at radius 2 is 0.882 bits per heavy atom. The second-order valence-corrected chi connectivity index (χ2v) is 3.49. The summed E-state index contributed by atoms with van der Waals surface area (Å²) < 4.78 is 0. The summed E-state index contributed by atoms with van der Waals surface area (Å²) in [5, 5.41) is 0. The van der Waals surface area contributed by atoms with E-state index in [9.17, 15) is 14.4 Å². The highest BCUT2D eigenvalue weighted by Crippen LogP contribution is 1.84. The van der Waals surface area contributed by atoms with Crippen molar-refractivity contribution in [1.82, 2.24) is 0 Å². The molecule has 3 nitrogen and oxygen atoms in total. The van der Waals surface area contributed by atoms with Gasteiger partial charge in [-0.25, -0.2) is 0 Å².